The van der Waals surface area contributed by atoms with Gasteiger partial charge in [-0.3, -0.25) is 9.59 Å². The second-order valence-electron chi connectivity index (χ2n) is 11.6. The Labute approximate surface area is 240 Å². The molecule has 7 rings (SSSR count). The summed E-state index contributed by atoms with van der Waals surface area (Å²) in [7, 11) is 0. The summed E-state index contributed by atoms with van der Waals surface area (Å²) in [6.45, 7) is 7.85. The van der Waals surface area contributed by atoms with E-state index in [1.807, 2.05) is 6.92 Å². The molecule has 2 spiro atoms. The van der Waals surface area contributed by atoms with Gasteiger partial charge in [0, 0.05) is 50.6 Å². The number of carbonyl (C=O) groups is 2. The fraction of sp³-hybridized carbons (Fsp3) is 0.531. The largest absolute Gasteiger partial charge is 0.347 e. The zero-order valence-corrected chi connectivity index (χ0v) is 24.2. The average molecular weight is 562 g/mol. The average Bonchev–Trinajstić information content (AvgIpc) is 3.62. The molecule has 0 bridgehead atoms. The van der Waals surface area contributed by atoms with Crippen LogP contribution in [0.1, 0.15) is 72.1 Å². The van der Waals surface area contributed by atoms with Crippen molar-refractivity contribution in [3.8, 4) is 0 Å². The van der Waals surface area contributed by atoms with Crippen molar-refractivity contribution in [1.82, 2.24) is 9.78 Å². The van der Waals surface area contributed by atoms with Crippen LogP contribution in [0, 0.1) is 6.92 Å². The predicted molar refractivity (Wildman–Crippen MR) is 154 cm³/mol. The number of benzene rings is 2. The van der Waals surface area contributed by atoms with E-state index in [2.05, 4.69) is 34.7 Å². The van der Waals surface area contributed by atoms with E-state index >= 15 is 0 Å². The Hall–Kier alpha value is -3.11. The molecule has 1 aromatic heterocycles. The minimum Gasteiger partial charge on any atom is -0.347 e. The van der Waals surface area contributed by atoms with Gasteiger partial charge in [-0.15, -0.1) is 0 Å². The van der Waals surface area contributed by atoms with Gasteiger partial charge in [0.1, 0.15) is 0 Å². The van der Waals surface area contributed by atoms with E-state index in [4.69, 9.17) is 18.9 Å². The lowest BCUT2D eigenvalue weighted by Gasteiger charge is -2.26. The first-order chi connectivity index (χ1) is 19.7. The van der Waals surface area contributed by atoms with Gasteiger partial charge >= 0.3 is 0 Å². The summed E-state index contributed by atoms with van der Waals surface area (Å²) >= 11 is 0. The minimum absolute atomic E-state index is 0.0272. The predicted octanol–water partition coefficient (Wildman–Crippen LogP) is 4.89. The maximum Gasteiger partial charge on any atom is 0.244 e. The van der Waals surface area contributed by atoms with Gasteiger partial charge < -0.3 is 24.3 Å². The Morgan fingerprint density at radius 2 is 1.37 bits per heavy atom. The van der Waals surface area contributed by atoms with E-state index in [9.17, 15) is 9.59 Å². The molecule has 2 saturated heterocycles. The molecule has 1 N–H and O–H groups in total. The second kappa shape index (κ2) is 11.3. The zero-order valence-electron chi connectivity index (χ0n) is 24.2. The number of aromatic nitrogens is 2. The van der Waals surface area contributed by atoms with Gasteiger partial charge in [-0.05, 0) is 78.6 Å². The van der Waals surface area contributed by atoms with Crippen molar-refractivity contribution in [1.29, 1.82) is 0 Å². The lowest BCUT2D eigenvalue weighted by Crippen LogP contribution is -2.32. The van der Waals surface area contributed by atoms with Crippen molar-refractivity contribution >= 4 is 28.4 Å². The molecular weight excluding hydrogens is 522 g/mol. The molecule has 41 heavy (non-hydrogen) atoms. The molecule has 4 aliphatic rings. The number of rotatable bonds is 1. The number of hydrogen-bond donors (Lipinski definition) is 1. The Morgan fingerprint density at radius 1 is 0.805 bits per heavy atom. The highest BCUT2D eigenvalue weighted by atomic mass is 16.7. The molecule has 9 heteroatoms. The maximum absolute atomic E-state index is 11.6. The maximum atomic E-state index is 11.6. The molecule has 2 aromatic carbocycles. The molecule has 2 aliphatic heterocycles. The topological polar surface area (TPSA) is 101 Å². The SMILES string of the molecule is CC(=O)Nc1cc2c(cc1C)CC1(CCC2)OCCO1.CC(=O)n1ncc2cc3c(cc21)CCCC1(C3)OCCO1. The molecule has 0 radical (unpaired) electrons. The summed E-state index contributed by atoms with van der Waals surface area (Å²) in [5.74, 6) is -0.930. The third kappa shape index (κ3) is 5.81. The van der Waals surface area contributed by atoms with E-state index in [-0.39, 0.29) is 11.8 Å². The number of amides is 1. The van der Waals surface area contributed by atoms with E-state index in [0.29, 0.717) is 26.4 Å². The molecule has 218 valence electrons. The summed E-state index contributed by atoms with van der Waals surface area (Å²) in [6.07, 6.45) is 9.30. The van der Waals surface area contributed by atoms with Crippen LogP contribution in [0.4, 0.5) is 5.69 Å². The fourth-order valence-electron chi connectivity index (χ4n) is 6.69. The van der Waals surface area contributed by atoms with Crippen molar-refractivity contribution in [2.24, 2.45) is 0 Å². The van der Waals surface area contributed by atoms with Crippen molar-refractivity contribution < 1.29 is 28.5 Å². The van der Waals surface area contributed by atoms with Crippen molar-refractivity contribution in [3.05, 3.63) is 58.3 Å². The molecule has 0 saturated carbocycles. The molecule has 3 aromatic rings. The summed E-state index contributed by atoms with van der Waals surface area (Å²) in [5, 5.41) is 8.09. The number of fused-ring (bicyclic) bond motifs is 3. The summed E-state index contributed by atoms with van der Waals surface area (Å²) in [4.78, 5) is 22.9. The molecule has 0 atom stereocenters. The third-order valence-electron chi connectivity index (χ3n) is 8.60. The lowest BCUT2D eigenvalue weighted by atomic mass is 9.97. The normalized spacial score (nSPS) is 20.6. The van der Waals surface area contributed by atoms with Gasteiger partial charge in [0.25, 0.3) is 0 Å². The minimum atomic E-state index is -0.435. The van der Waals surface area contributed by atoms with Crippen LogP contribution in [0.5, 0.6) is 0 Å². The van der Waals surface area contributed by atoms with Crippen LogP contribution in [0.25, 0.3) is 10.9 Å². The first kappa shape index (κ1) is 28.0. The molecule has 0 unspecified atom stereocenters. The summed E-state index contributed by atoms with van der Waals surface area (Å²) < 4.78 is 24.9. The van der Waals surface area contributed by atoms with Crippen molar-refractivity contribution in [2.75, 3.05) is 31.7 Å². The number of nitrogens with one attached hydrogen (secondary N) is 1. The van der Waals surface area contributed by atoms with Gasteiger partial charge in [-0.2, -0.15) is 5.10 Å². The van der Waals surface area contributed by atoms with E-state index in [1.165, 1.54) is 33.9 Å². The van der Waals surface area contributed by atoms with E-state index in [1.54, 1.807) is 13.1 Å². The molecule has 2 aliphatic carbocycles. The number of anilines is 1. The van der Waals surface area contributed by atoms with Crippen LogP contribution >= 0.6 is 0 Å². The third-order valence-corrected chi connectivity index (χ3v) is 8.60. The Balaban J connectivity index is 0.000000148. The van der Waals surface area contributed by atoms with Crippen LogP contribution < -0.4 is 5.32 Å². The molecule has 1 amide bonds. The number of aryl methyl sites for hydroxylation is 3. The van der Waals surface area contributed by atoms with Gasteiger partial charge in [0.2, 0.25) is 11.8 Å². The Kier molecular flexibility index (Phi) is 7.72. The first-order valence-electron chi connectivity index (χ1n) is 14.7. The molecule has 3 heterocycles. The van der Waals surface area contributed by atoms with Crippen LogP contribution in [0.15, 0.2) is 30.5 Å². The highest BCUT2D eigenvalue weighted by Crippen LogP contribution is 2.37. The van der Waals surface area contributed by atoms with Gasteiger partial charge in [0.15, 0.2) is 11.6 Å². The Bertz CT molecular complexity index is 1470. The van der Waals surface area contributed by atoms with E-state index in [0.717, 1.165) is 73.5 Å². The number of nitrogens with zero attached hydrogens (tertiary/aromatic N) is 2. The second-order valence-corrected chi connectivity index (χ2v) is 11.6. The van der Waals surface area contributed by atoms with E-state index < -0.39 is 11.6 Å². The number of carbonyl (C=O) groups excluding carboxylic acids is 2. The lowest BCUT2D eigenvalue weighted by molar-refractivity contribution is -0.160. The number of ether oxygens (including phenoxy) is 4. The van der Waals surface area contributed by atoms with Crippen molar-refractivity contribution in [2.45, 2.75) is 83.7 Å². The quantitative estimate of drug-likeness (QED) is 0.451. The molecule has 2 fully saturated rings. The highest BCUT2D eigenvalue weighted by Gasteiger charge is 2.39. The fourth-order valence-corrected chi connectivity index (χ4v) is 6.69. The standard InChI is InChI=1S/C16H18N2O3.C16H21NO3/c1-11(19)18-15-8-12-3-2-4-16(20-5-6-21-16)9-13(12)7-14(15)10-17-18;1-11-8-14-10-16(19-6-7-20-16)5-3-4-13(14)9-15(11)17-12(2)18/h7-8,10H,2-6,9H2,1H3;8-9H,3-7,10H2,1-2H3,(H,17,18). The van der Waals surface area contributed by atoms with Crippen molar-refractivity contribution in [3.63, 3.8) is 0 Å². The molecule has 9 nitrogen and oxygen atoms in total. The van der Waals surface area contributed by atoms with Gasteiger partial charge in [-0.1, -0.05) is 6.07 Å². The first-order valence-corrected chi connectivity index (χ1v) is 14.7. The van der Waals surface area contributed by atoms with Crippen LogP contribution in [-0.4, -0.2) is 59.6 Å². The summed E-state index contributed by atoms with van der Waals surface area (Å²) in [6, 6.07) is 8.51. The van der Waals surface area contributed by atoms with Crippen LogP contribution in [0.2, 0.25) is 0 Å². The van der Waals surface area contributed by atoms with Crippen LogP contribution in [0.3, 0.4) is 0 Å². The van der Waals surface area contributed by atoms with Gasteiger partial charge in [-0.25, -0.2) is 4.68 Å². The summed E-state index contributed by atoms with van der Waals surface area (Å²) in [5.41, 5.74) is 8.03. The smallest absolute Gasteiger partial charge is 0.244 e. The monoisotopic (exact) mass is 561 g/mol. The molecular formula is C32H39N3O6. The number of hydrogen-bond acceptors (Lipinski definition) is 7. The Morgan fingerprint density at radius 3 is 1.93 bits per heavy atom. The highest BCUT2D eigenvalue weighted by molar-refractivity contribution is 5.91. The van der Waals surface area contributed by atoms with Crippen LogP contribution in [-0.2, 0) is 49.4 Å². The zero-order chi connectivity index (χ0) is 28.6. The van der Waals surface area contributed by atoms with Gasteiger partial charge in [0.05, 0.1) is 38.1 Å².